The maximum Gasteiger partial charge on any atom is 0.135 e. The van der Waals surface area contributed by atoms with Crippen LogP contribution >= 0.6 is 0 Å². The fourth-order valence-electron chi connectivity index (χ4n) is 2.30. The molecule has 5 nitrogen and oxygen atoms in total. The van der Waals surface area contributed by atoms with Crippen molar-refractivity contribution >= 4 is 11.6 Å². The standard InChI is InChI=1S/C16H30N4O/c1-6-10-13-18-14(17-9-4)12(5)15(19-13)20-16(7-2,8-3)11-21/h21H,6-11H2,1-5H3,(H2,17,18,19,20). The predicted molar refractivity (Wildman–Crippen MR) is 88.9 cm³/mol. The molecule has 3 N–H and O–H groups in total. The zero-order chi connectivity index (χ0) is 15.9. The van der Waals surface area contributed by atoms with E-state index in [0.29, 0.717) is 0 Å². The Hall–Kier alpha value is -1.36. The molecule has 1 heterocycles. The van der Waals surface area contributed by atoms with Crippen LogP contribution in [0.25, 0.3) is 0 Å². The summed E-state index contributed by atoms with van der Waals surface area (Å²) in [5.74, 6) is 2.57. The van der Waals surface area contributed by atoms with E-state index in [0.717, 1.165) is 55.3 Å². The molecule has 0 radical (unpaired) electrons. The first-order valence-corrected chi connectivity index (χ1v) is 8.06. The van der Waals surface area contributed by atoms with Gasteiger partial charge in [0.1, 0.15) is 17.5 Å². The topological polar surface area (TPSA) is 70.1 Å². The van der Waals surface area contributed by atoms with Gasteiger partial charge < -0.3 is 15.7 Å². The molecule has 0 bridgehead atoms. The van der Waals surface area contributed by atoms with E-state index in [1.54, 1.807) is 0 Å². The fourth-order valence-corrected chi connectivity index (χ4v) is 2.30. The maximum absolute atomic E-state index is 9.75. The lowest BCUT2D eigenvalue weighted by molar-refractivity contribution is 0.202. The van der Waals surface area contributed by atoms with Gasteiger partial charge in [-0.1, -0.05) is 20.8 Å². The molecule has 0 aliphatic heterocycles. The molecule has 0 saturated heterocycles. The van der Waals surface area contributed by atoms with Crippen molar-refractivity contribution in [2.75, 3.05) is 23.8 Å². The van der Waals surface area contributed by atoms with Gasteiger partial charge in [0.05, 0.1) is 12.1 Å². The molecule has 0 unspecified atom stereocenters. The van der Waals surface area contributed by atoms with Crippen LogP contribution in [0.5, 0.6) is 0 Å². The van der Waals surface area contributed by atoms with Gasteiger partial charge in [0.25, 0.3) is 0 Å². The first-order valence-electron chi connectivity index (χ1n) is 8.06. The second-order valence-electron chi connectivity index (χ2n) is 5.51. The predicted octanol–water partition coefficient (Wildman–Crippen LogP) is 3.13. The first-order chi connectivity index (χ1) is 10.1. The summed E-state index contributed by atoms with van der Waals surface area (Å²) in [7, 11) is 0. The van der Waals surface area contributed by atoms with Gasteiger partial charge >= 0.3 is 0 Å². The Morgan fingerprint density at radius 3 is 2.14 bits per heavy atom. The van der Waals surface area contributed by atoms with Gasteiger partial charge in [-0.15, -0.1) is 0 Å². The normalized spacial score (nSPS) is 11.5. The second-order valence-corrected chi connectivity index (χ2v) is 5.51. The Morgan fingerprint density at radius 1 is 1.05 bits per heavy atom. The number of hydrogen-bond acceptors (Lipinski definition) is 5. The Kier molecular flexibility index (Phi) is 6.89. The van der Waals surface area contributed by atoms with Crippen LogP contribution in [0.1, 0.15) is 58.3 Å². The molecule has 1 rings (SSSR count). The third kappa shape index (κ3) is 4.30. The molecule has 0 aliphatic carbocycles. The summed E-state index contributed by atoms with van der Waals surface area (Å²) in [6.07, 6.45) is 3.57. The lowest BCUT2D eigenvalue weighted by Gasteiger charge is -2.32. The molecule has 0 fully saturated rings. The number of aliphatic hydroxyl groups is 1. The van der Waals surface area contributed by atoms with Crippen molar-refractivity contribution in [1.82, 2.24) is 9.97 Å². The highest BCUT2D eigenvalue weighted by atomic mass is 16.3. The quantitative estimate of drug-likeness (QED) is 0.653. The highest BCUT2D eigenvalue weighted by molar-refractivity contribution is 5.58. The molecular weight excluding hydrogens is 264 g/mol. The number of anilines is 2. The van der Waals surface area contributed by atoms with Crippen LogP contribution < -0.4 is 10.6 Å². The molecule has 0 spiro atoms. The number of aryl methyl sites for hydroxylation is 1. The maximum atomic E-state index is 9.75. The number of rotatable bonds is 9. The number of hydrogen-bond donors (Lipinski definition) is 3. The smallest absolute Gasteiger partial charge is 0.135 e. The summed E-state index contributed by atoms with van der Waals surface area (Å²) >= 11 is 0. The van der Waals surface area contributed by atoms with Gasteiger partial charge in [0.15, 0.2) is 0 Å². The minimum atomic E-state index is -0.313. The van der Waals surface area contributed by atoms with Crippen LogP contribution in [0.4, 0.5) is 11.6 Å². The van der Waals surface area contributed by atoms with Gasteiger partial charge in [-0.2, -0.15) is 0 Å². The third-order valence-electron chi connectivity index (χ3n) is 4.05. The molecule has 1 aromatic heterocycles. The van der Waals surface area contributed by atoms with Crippen LogP contribution in [0, 0.1) is 6.92 Å². The zero-order valence-corrected chi connectivity index (χ0v) is 14.1. The van der Waals surface area contributed by atoms with E-state index in [1.807, 2.05) is 6.92 Å². The molecule has 0 amide bonds. The van der Waals surface area contributed by atoms with Gasteiger partial charge in [-0.05, 0) is 33.1 Å². The Labute approximate surface area is 128 Å². The van der Waals surface area contributed by atoms with Crippen LogP contribution in [0.15, 0.2) is 0 Å². The van der Waals surface area contributed by atoms with Gasteiger partial charge in [-0.3, -0.25) is 0 Å². The monoisotopic (exact) mass is 294 g/mol. The summed E-state index contributed by atoms with van der Waals surface area (Å²) in [5.41, 5.74) is 0.697. The molecule has 5 heteroatoms. The molecule has 21 heavy (non-hydrogen) atoms. The van der Waals surface area contributed by atoms with Crippen molar-refractivity contribution in [3.8, 4) is 0 Å². The molecule has 120 valence electrons. The average molecular weight is 294 g/mol. The molecule has 0 atom stereocenters. The van der Waals surface area contributed by atoms with E-state index in [9.17, 15) is 5.11 Å². The summed E-state index contributed by atoms with van der Waals surface area (Å²) in [6.45, 7) is 11.3. The van der Waals surface area contributed by atoms with E-state index >= 15 is 0 Å². The Balaban J connectivity index is 3.19. The van der Waals surface area contributed by atoms with Crippen LogP contribution in [0.2, 0.25) is 0 Å². The van der Waals surface area contributed by atoms with Crippen molar-refractivity contribution in [2.45, 2.75) is 65.8 Å². The van der Waals surface area contributed by atoms with E-state index in [1.165, 1.54) is 0 Å². The van der Waals surface area contributed by atoms with Gasteiger partial charge in [0.2, 0.25) is 0 Å². The Bertz CT molecular complexity index is 436. The largest absolute Gasteiger partial charge is 0.394 e. The third-order valence-corrected chi connectivity index (χ3v) is 4.05. The Morgan fingerprint density at radius 2 is 1.67 bits per heavy atom. The van der Waals surface area contributed by atoms with Crippen molar-refractivity contribution in [3.63, 3.8) is 0 Å². The summed E-state index contributed by atoms with van der Waals surface area (Å²) in [6, 6.07) is 0. The highest BCUT2D eigenvalue weighted by Crippen LogP contribution is 2.26. The van der Waals surface area contributed by atoms with Crippen LogP contribution in [-0.2, 0) is 6.42 Å². The second kappa shape index (κ2) is 8.17. The summed E-state index contributed by atoms with van der Waals surface area (Å²) in [4.78, 5) is 9.26. The number of aromatic nitrogens is 2. The van der Waals surface area contributed by atoms with E-state index in [4.69, 9.17) is 0 Å². The number of nitrogens with one attached hydrogen (secondary N) is 2. The van der Waals surface area contributed by atoms with Crippen molar-refractivity contribution in [2.24, 2.45) is 0 Å². The van der Waals surface area contributed by atoms with Crippen molar-refractivity contribution < 1.29 is 5.11 Å². The minimum Gasteiger partial charge on any atom is -0.394 e. The molecule has 0 aromatic carbocycles. The summed E-state index contributed by atoms with van der Waals surface area (Å²) < 4.78 is 0. The van der Waals surface area contributed by atoms with E-state index in [-0.39, 0.29) is 12.1 Å². The SMILES string of the molecule is CCCc1nc(NCC)c(C)c(NC(CC)(CC)CO)n1. The molecular formula is C16H30N4O. The van der Waals surface area contributed by atoms with Crippen LogP contribution in [-0.4, -0.2) is 33.8 Å². The van der Waals surface area contributed by atoms with Crippen molar-refractivity contribution in [1.29, 1.82) is 0 Å². The fraction of sp³-hybridized carbons (Fsp3) is 0.750. The van der Waals surface area contributed by atoms with E-state index < -0.39 is 0 Å². The molecule has 0 aliphatic rings. The minimum absolute atomic E-state index is 0.100. The first kappa shape index (κ1) is 17.7. The lowest BCUT2D eigenvalue weighted by Crippen LogP contribution is -2.41. The van der Waals surface area contributed by atoms with Gasteiger partial charge in [-0.25, -0.2) is 9.97 Å². The highest BCUT2D eigenvalue weighted by Gasteiger charge is 2.26. The lowest BCUT2D eigenvalue weighted by atomic mass is 9.93. The van der Waals surface area contributed by atoms with Gasteiger partial charge in [0, 0.05) is 18.5 Å². The molecule has 0 saturated carbocycles. The zero-order valence-electron chi connectivity index (χ0n) is 14.1. The number of aliphatic hydroxyl groups excluding tert-OH is 1. The number of nitrogens with zero attached hydrogens (tertiary/aromatic N) is 2. The molecule has 1 aromatic rings. The average Bonchev–Trinajstić information content (AvgIpc) is 2.50. The van der Waals surface area contributed by atoms with Crippen LogP contribution in [0.3, 0.4) is 0 Å². The van der Waals surface area contributed by atoms with Crippen molar-refractivity contribution in [3.05, 3.63) is 11.4 Å². The summed E-state index contributed by atoms with van der Waals surface area (Å²) in [5, 5.41) is 16.5. The van der Waals surface area contributed by atoms with E-state index in [2.05, 4.69) is 48.3 Å².